The summed E-state index contributed by atoms with van der Waals surface area (Å²) >= 11 is 0. The van der Waals surface area contributed by atoms with E-state index in [0.717, 1.165) is 54.2 Å². The Morgan fingerprint density at radius 1 is 0.957 bits per heavy atom. The molecule has 46 heavy (non-hydrogen) atoms. The number of H-pyrrole nitrogens is 2. The number of rotatable bonds is 9. The number of nitrogens with zero attached hydrogens (tertiary/aromatic N) is 6. The van der Waals surface area contributed by atoms with Crippen molar-refractivity contribution >= 4 is 39.2 Å². The van der Waals surface area contributed by atoms with Gasteiger partial charge in [-0.15, -0.1) is 0 Å². The summed E-state index contributed by atoms with van der Waals surface area (Å²) in [4.78, 5) is 36.7. The van der Waals surface area contributed by atoms with Gasteiger partial charge in [-0.25, -0.2) is 9.37 Å². The van der Waals surface area contributed by atoms with E-state index in [9.17, 15) is 9.18 Å². The minimum absolute atomic E-state index is 0.0487. The Hall–Kier alpha value is -5.23. The van der Waals surface area contributed by atoms with E-state index in [1.807, 2.05) is 38.4 Å². The lowest BCUT2D eigenvalue weighted by molar-refractivity contribution is -0.120. The second-order valence-corrected chi connectivity index (χ2v) is 12.1. The Labute approximate surface area is 265 Å². The van der Waals surface area contributed by atoms with Gasteiger partial charge in [-0.2, -0.15) is 5.10 Å². The van der Waals surface area contributed by atoms with Crippen LogP contribution in [0.2, 0.25) is 0 Å². The molecule has 7 rings (SSSR count). The van der Waals surface area contributed by atoms with Crippen LogP contribution in [0.25, 0.3) is 56.0 Å². The third kappa shape index (κ3) is 6.16. The average Bonchev–Trinajstić information content (AvgIpc) is 3.69. The second kappa shape index (κ2) is 12.6. The molecule has 4 N–H and O–H groups in total. The lowest BCUT2D eigenvalue weighted by Gasteiger charge is -2.20. The molecule has 0 bridgehead atoms. The molecule has 1 aromatic carbocycles. The van der Waals surface area contributed by atoms with Crippen LogP contribution in [0, 0.1) is 11.7 Å². The third-order valence-corrected chi connectivity index (χ3v) is 8.41. The van der Waals surface area contributed by atoms with Gasteiger partial charge in [-0.1, -0.05) is 19.3 Å². The van der Waals surface area contributed by atoms with E-state index in [1.165, 1.54) is 18.6 Å². The van der Waals surface area contributed by atoms with Gasteiger partial charge in [0.25, 0.3) is 0 Å². The smallest absolute Gasteiger partial charge is 0.227 e. The molecule has 11 nitrogen and oxygen atoms in total. The molecule has 5 aromatic heterocycles. The normalized spacial score (nSPS) is 13.9. The van der Waals surface area contributed by atoms with Crippen LogP contribution in [0.5, 0.6) is 0 Å². The topological polar surface area (TPSA) is 140 Å². The number of pyridine rings is 3. The third-order valence-electron chi connectivity index (χ3n) is 8.41. The van der Waals surface area contributed by atoms with Crippen LogP contribution < -0.4 is 10.6 Å². The number of benzene rings is 1. The fourth-order valence-corrected chi connectivity index (χ4v) is 6.02. The first kappa shape index (κ1) is 29.5. The zero-order valence-corrected chi connectivity index (χ0v) is 25.8. The summed E-state index contributed by atoms with van der Waals surface area (Å²) in [5.41, 5.74) is 6.68. The quantitative estimate of drug-likeness (QED) is 0.149. The van der Waals surface area contributed by atoms with Gasteiger partial charge >= 0.3 is 0 Å². The zero-order valence-electron chi connectivity index (χ0n) is 25.8. The van der Waals surface area contributed by atoms with Crippen LogP contribution in [0.1, 0.15) is 32.1 Å². The molecule has 1 aliphatic rings. The van der Waals surface area contributed by atoms with E-state index < -0.39 is 0 Å². The molecule has 234 valence electrons. The van der Waals surface area contributed by atoms with E-state index in [4.69, 9.17) is 4.98 Å². The maximum atomic E-state index is 14.7. The van der Waals surface area contributed by atoms with E-state index in [2.05, 4.69) is 45.7 Å². The molecule has 1 fully saturated rings. The minimum atomic E-state index is -0.357. The molecule has 0 radical (unpaired) electrons. The summed E-state index contributed by atoms with van der Waals surface area (Å²) in [7, 11) is 3.99. The van der Waals surface area contributed by atoms with Crippen molar-refractivity contribution < 1.29 is 9.18 Å². The number of aromatic amines is 2. The molecule has 0 unspecified atom stereocenters. The van der Waals surface area contributed by atoms with Crippen LogP contribution in [0.3, 0.4) is 0 Å². The molecule has 0 saturated heterocycles. The molecule has 1 saturated carbocycles. The van der Waals surface area contributed by atoms with Crippen molar-refractivity contribution in [3.8, 4) is 34.0 Å². The van der Waals surface area contributed by atoms with E-state index >= 15 is 0 Å². The molecule has 1 aliphatic carbocycles. The number of aromatic nitrogens is 7. The first-order valence-corrected chi connectivity index (χ1v) is 15.6. The first-order valence-electron chi connectivity index (χ1n) is 15.6. The van der Waals surface area contributed by atoms with E-state index in [0.29, 0.717) is 51.9 Å². The Bertz CT molecular complexity index is 2030. The van der Waals surface area contributed by atoms with Gasteiger partial charge in [0.2, 0.25) is 5.91 Å². The summed E-state index contributed by atoms with van der Waals surface area (Å²) in [5, 5.41) is 14.8. The molecule has 0 spiro atoms. The Balaban J connectivity index is 1.19. The number of hydrogen-bond acceptors (Lipinski definition) is 8. The molecular formula is C34H35FN10O. The van der Waals surface area contributed by atoms with Gasteiger partial charge in [-0.3, -0.25) is 24.8 Å². The molecule has 1 amide bonds. The van der Waals surface area contributed by atoms with Crippen molar-refractivity contribution in [2.75, 3.05) is 37.8 Å². The van der Waals surface area contributed by atoms with Crippen LogP contribution >= 0.6 is 0 Å². The summed E-state index contributed by atoms with van der Waals surface area (Å²) < 4.78 is 14.7. The number of amides is 1. The molecule has 12 heteroatoms. The predicted octanol–water partition coefficient (Wildman–Crippen LogP) is 6.26. The van der Waals surface area contributed by atoms with Gasteiger partial charge in [0.05, 0.1) is 40.5 Å². The predicted molar refractivity (Wildman–Crippen MR) is 178 cm³/mol. The molecule has 0 aliphatic heterocycles. The number of carbonyl (C=O) groups excluding carboxylic acids is 1. The number of halogens is 1. The minimum Gasteiger partial charge on any atom is -0.384 e. The summed E-state index contributed by atoms with van der Waals surface area (Å²) in [5.74, 6) is 0.283. The van der Waals surface area contributed by atoms with E-state index in [1.54, 1.807) is 24.8 Å². The van der Waals surface area contributed by atoms with Gasteiger partial charge in [0.1, 0.15) is 17.0 Å². The van der Waals surface area contributed by atoms with Crippen molar-refractivity contribution in [3.05, 3.63) is 67.0 Å². The van der Waals surface area contributed by atoms with Crippen LogP contribution in [0.15, 0.2) is 61.2 Å². The van der Waals surface area contributed by atoms with Gasteiger partial charge < -0.3 is 20.5 Å². The van der Waals surface area contributed by atoms with Crippen molar-refractivity contribution in [1.29, 1.82) is 0 Å². The van der Waals surface area contributed by atoms with Crippen LogP contribution in [0.4, 0.5) is 15.8 Å². The summed E-state index contributed by atoms with van der Waals surface area (Å²) in [6, 6.07) is 10.5. The van der Waals surface area contributed by atoms with Crippen LogP contribution in [-0.2, 0) is 4.79 Å². The number of fused-ring (bicyclic) bond motifs is 2. The highest BCUT2D eigenvalue weighted by atomic mass is 19.1. The summed E-state index contributed by atoms with van der Waals surface area (Å²) in [6.07, 6.45) is 12.0. The zero-order chi connectivity index (χ0) is 31.6. The highest BCUT2D eigenvalue weighted by Crippen LogP contribution is 2.33. The number of hydrogen-bond donors (Lipinski definition) is 4. The molecular weight excluding hydrogens is 583 g/mol. The highest BCUT2D eigenvalue weighted by Gasteiger charge is 2.22. The Morgan fingerprint density at radius 2 is 1.80 bits per heavy atom. The molecule has 5 heterocycles. The monoisotopic (exact) mass is 618 g/mol. The molecule has 6 aromatic rings. The van der Waals surface area contributed by atoms with Crippen molar-refractivity contribution in [2.45, 2.75) is 32.1 Å². The fourth-order valence-electron chi connectivity index (χ4n) is 6.02. The molecule has 0 atom stereocenters. The standard InChI is InChI=1S/C34H35FN10O/c1-45(2)11-10-37-24-13-21(12-23(35)15-24)30-32-27(8-9-38-30)41-33(42-32)31-26-16-28(39-19-29(26)43-44-31)22-14-25(18-36-17-22)40-34(46)20-6-4-3-5-7-20/h8-9,12-20,37H,3-7,10-11H2,1-2H3,(H,40,46)(H,41,42)(H,43,44). The fraction of sp³-hybridized carbons (Fsp3) is 0.294. The van der Waals surface area contributed by atoms with Crippen molar-refractivity contribution in [1.82, 2.24) is 40.0 Å². The first-order chi connectivity index (χ1) is 22.4. The van der Waals surface area contributed by atoms with Crippen molar-refractivity contribution in [2.24, 2.45) is 5.92 Å². The average molecular weight is 619 g/mol. The number of carbonyl (C=O) groups is 1. The second-order valence-electron chi connectivity index (χ2n) is 12.1. The highest BCUT2D eigenvalue weighted by molar-refractivity contribution is 5.97. The maximum absolute atomic E-state index is 14.7. The summed E-state index contributed by atoms with van der Waals surface area (Å²) in [6.45, 7) is 1.49. The maximum Gasteiger partial charge on any atom is 0.227 e. The number of nitrogens with one attached hydrogen (secondary N) is 4. The van der Waals surface area contributed by atoms with Crippen molar-refractivity contribution in [3.63, 3.8) is 0 Å². The largest absolute Gasteiger partial charge is 0.384 e. The Morgan fingerprint density at radius 3 is 2.65 bits per heavy atom. The Kier molecular flexibility index (Phi) is 8.10. The SMILES string of the molecule is CN(C)CCNc1cc(F)cc(-c2nccc3[nH]c(-c4n[nH]c5cnc(-c6cncc(NC(=O)C7CCCCC7)c6)cc45)nc23)c1. The number of imidazole rings is 1. The lowest BCUT2D eigenvalue weighted by Crippen LogP contribution is -2.24. The van der Waals surface area contributed by atoms with E-state index in [-0.39, 0.29) is 17.6 Å². The van der Waals surface area contributed by atoms with Crippen LogP contribution in [-0.4, -0.2) is 73.1 Å². The van der Waals surface area contributed by atoms with Gasteiger partial charge in [-0.05, 0) is 63.3 Å². The number of likely N-dealkylation sites (N-methyl/N-ethyl adjacent to an activating group) is 1. The van der Waals surface area contributed by atoms with Gasteiger partial charge in [0.15, 0.2) is 5.82 Å². The lowest BCUT2D eigenvalue weighted by atomic mass is 9.88. The van der Waals surface area contributed by atoms with Gasteiger partial charge in [0, 0.05) is 53.6 Å². The number of anilines is 2.